The van der Waals surface area contributed by atoms with Gasteiger partial charge in [-0.05, 0) is 25.5 Å². The normalized spacial score (nSPS) is 14.9. The Morgan fingerprint density at radius 1 is 1.21 bits per heavy atom. The quantitative estimate of drug-likeness (QED) is 0.720. The van der Waals surface area contributed by atoms with Gasteiger partial charge in [-0.3, -0.25) is 19.5 Å². The predicted octanol–water partition coefficient (Wildman–Crippen LogP) is 2.19. The first-order valence-corrected chi connectivity index (χ1v) is 10.6. The van der Waals surface area contributed by atoms with Crippen LogP contribution in [0.2, 0.25) is 0 Å². The fraction of sp³-hybridized carbons (Fsp3) is 0.500. The van der Waals surface area contributed by atoms with Crippen molar-refractivity contribution in [3.63, 3.8) is 0 Å². The van der Waals surface area contributed by atoms with E-state index in [1.54, 1.807) is 6.20 Å². The second-order valence-corrected chi connectivity index (χ2v) is 7.92. The highest BCUT2D eigenvalue weighted by Gasteiger charge is 2.26. The molecule has 2 aromatic heterocycles. The third kappa shape index (κ3) is 5.14. The molecular formula is C20H27N5O2S. The number of carbonyl (C=O) groups excluding carboxylic acids is 2. The fourth-order valence-electron chi connectivity index (χ4n) is 3.11. The Bertz CT molecular complexity index is 800. The molecule has 0 saturated carbocycles. The molecule has 0 unspecified atom stereocenters. The van der Waals surface area contributed by atoms with Gasteiger partial charge in [-0.15, -0.1) is 11.3 Å². The van der Waals surface area contributed by atoms with Crippen molar-refractivity contribution in [1.82, 2.24) is 25.1 Å². The van der Waals surface area contributed by atoms with E-state index < -0.39 is 0 Å². The van der Waals surface area contributed by atoms with Crippen LogP contribution in [0, 0.1) is 6.92 Å². The van der Waals surface area contributed by atoms with Gasteiger partial charge in [0.25, 0.3) is 5.91 Å². The zero-order valence-electron chi connectivity index (χ0n) is 16.5. The van der Waals surface area contributed by atoms with Crippen LogP contribution in [0.1, 0.15) is 35.1 Å². The summed E-state index contributed by atoms with van der Waals surface area (Å²) in [5.41, 5.74) is 1.53. The molecule has 1 aliphatic heterocycles. The summed E-state index contributed by atoms with van der Waals surface area (Å²) in [4.78, 5) is 38.4. The molecule has 2 amide bonds. The lowest BCUT2D eigenvalue weighted by atomic mass is 10.2. The van der Waals surface area contributed by atoms with Crippen LogP contribution in [0.5, 0.6) is 0 Å². The Balaban J connectivity index is 1.54. The molecule has 150 valence electrons. The third-order valence-electron chi connectivity index (χ3n) is 4.75. The van der Waals surface area contributed by atoms with E-state index in [0.717, 1.165) is 35.8 Å². The van der Waals surface area contributed by atoms with E-state index in [2.05, 4.69) is 27.1 Å². The maximum absolute atomic E-state index is 12.9. The smallest absolute Gasteiger partial charge is 0.265 e. The summed E-state index contributed by atoms with van der Waals surface area (Å²) in [5.74, 6) is 0.0794. The summed E-state index contributed by atoms with van der Waals surface area (Å²) in [5, 5.41) is 3.71. The highest BCUT2D eigenvalue weighted by molar-refractivity contribution is 7.17. The lowest BCUT2D eigenvalue weighted by Crippen LogP contribution is -2.51. The summed E-state index contributed by atoms with van der Waals surface area (Å²) in [7, 11) is 0. The lowest BCUT2D eigenvalue weighted by Gasteiger charge is -2.34. The molecule has 0 atom stereocenters. The number of hydrogen-bond donors (Lipinski definition) is 1. The van der Waals surface area contributed by atoms with Crippen molar-refractivity contribution in [3.05, 3.63) is 35.0 Å². The standard InChI is InChI=1S/C20H27N5O2S/c1-3-4-8-22-17(26)14-24-10-12-25(13-11-24)20(27)18-15(2)23-19(28-18)16-7-5-6-9-21-16/h5-7,9H,3-4,8,10-14H2,1-2H3,(H,22,26). The maximum Gasteiger partial charge on any atom is 0.265 e. The van der Waals surface area contributed by atoms with E-state index in [0.29, 0.717) is 37.6 Å². The molecular weight excluding hydrogens is 374 g/mol. The van der Waals surface area contributed by atoms with Crippen molar-refractivity contribution in [2.24, 2.45) is 0 Å². The molecule has 0 radical (unpaired) electrons. The summed E-state index contributed by atoms with van der Waals surface area (Å²) in [6.45, 7) is 7.76. The molecule has 7 nitrogen and oxygen atoms in total. The van der Waals surface area contributed by atoms with Crippen LogP contribution in [-0.4, -0.2) is 70.9 Å². The highest BCUT2D eigenvalue weighted by atomic mass is 32.1. The predicted molar refractivity (Wildman–Crippen MR) is 110 cm³/mol. The van der Waals surface area contributed by atoms with Crippen LogP contribution in [0.4, 0.5) is 0 Å². The van der Waals surface area contributed by atoms with Crippen LogP contribution in [0.3, 0.4) is 0 Å². The van der Waals surface area contributed by atoms with E-state index in [9.17, 15) is 9.59 Å². The van der Waals surface area contributed by atoms with Gasteiger partial charge in [0, 0.05) is 38.9 Å². The van der Waals surface area contributed by atoms with E-state index >= 15 is 0 Å². The van der Waals surface area contributed by atoms with Crippen molar-refractivity contribution < 1.29 is 9.59 Å². The molecule has 2 aromatic rings. The van der Waals surface area contributed by atoms with Gasteiger partial charge in [0.05, 0.1) is 17.9 Å². The molecule has 28 heavy (non-hydrogen) atoms. The Morgan fingerprint density at radius 2 is 2.00 bits per heavy atom. The van der Waals surface area contributed by atoms with Crippen LogP contribution in [-0.2, 0) is 4.79 Å². The first-order valence-electron chi connectivity index (χ1n) is 9.75. The average molecular weight is 402 g/mol. The Hall–Kier alpha value is -2.32. The molecule has 0 spiro atoms. The van der Waals surface area contributed by atoms with Crippen molar-refractivity contribution in [1.29, 1.82) is 0 Å². The molecule has 1 N–H and O–H groups in total. The van der Waals surface area contributed by atoms with E-state index in [1.807, 2.05) is 30.0 Å². The largest absolute Gasteiger partial charge is 0.355 e. The second kappa shape index (κ2) is 9.75. The van der Waals surface area contributed by atoms with Crippen molar-refractivity contribution in [2.75, 3.05) is 39.3 Å². The molecule has 0 bridgehead atoms. The molecule has 0 aromatic carbocycles. The Kier molecular flexibility index (Phi) is 7.11. The van der Waals surface area contributed by atoms with Crippen LogP contribution >= 0.6 is 11.3 Å². The van der Waals surface area contributed by atoms with Gasteiger partial charge in [0.2, 0.25) is 5.91 Å². The zero-order chi connectivity index (χ0) is 19.9. The number of carbonyl (C=O) groups is 2. The number of pyridine rings is 1. The number of amides is 2. The van der Waals surface area contributed by atoms with Crippen LogP contribution < -0.4 is 5.32 Å². The van der Waals surface area contributed by atoms with Crippen molar-refractivity contribution >= 4 is 23.2 Å². The maximum atomic E-state index is 12.9. The summed E-state index contributed by atoms with van der Waals surface area (Å²) >= 11 is 1.39. The number of hydrogen-bond acceptors (Lipinski definition) is 6. The van der Waals surface area contributed by atoms with Gasteiger partial charge in [-0.1, -0.05) is 19.4 Å². The lowest BCUT2D eigenvalue weighted by molar-refractivity contribution is -0.122. The monoisotopic (exact) mass is 401 g/mol. The number of unbranched alkanes of at least 4 members (excludes halogenated alkanes) is 1. The molecule has 1 fully saturated rings. The van der Waals surface area contributed by atoms with E-state index in [-0.39, 0.29) is 11.8 Å². The van der Waals surface area contributed by atoms with Crippen LogP contribution in [0.15, 0.2) is 24.4 Å². The zero-order valence-corrected chi connectivity index (χ0v) is 17.3. The van der Waals surface area contributed by atoms with Gasteiger partial charge in [0.1, 0.15) is 9.88 Å². The third-order valence-corrected chi connectivity index (χ3v) is 5.92. The summed E-state index contributed by atoms with van der Waals surface area (Å²) in [6, 6.07) is 5.68. The number of nitrogens with zero attached hydrogens (tertiary/aromatic N) is 4. The number of thiazole rings is 1. The number of nitrogens with one attached hydrogen (secondary N) is 1. The van der Waals surface area contributed by atoms with Crippen LogP contribution in [0.25, 0.3) is 10.7 Å². The number of piperazine rings is 1. The van der Waals surface area contributed by atoms with Crippen molar-refractivity contribution in [2.45, 2.75) is 26.7 Å². The molecule has 1 aliphatic rings. The molecule has 3 heterocycles. The first kappa shape index (κ1) is 20.4. The van der Waals surface area contributed by atoms with Crippen molar-refractivity contribution in [3.8, 4) is 10.7 Å². The van der Waals surface area contributed by atoms with Gasteiger partial charge in [0.15, 0.2) is 0 Å². The Labute approximate surface area is 169 Å². The van der Waals surface area contributed by atoms with Gasteiger partial charge in [-0.25, -0.2) is 4.98 Å². The van der Waals surface area contributed by atoms with Gasteiger partial charge >= 0.3 is 0 Å². The second-order valence-electron chi connectivity index (χ2n) is 6.92. The molecule has 0 aliphatic carbocycles. The van der Waals surface area contributed by atoms with Gasteiger partial charge < -0.3 is 10.2 Å². The van der Waals surface area contributed by atoms with E-state index in [1.165, 1.54) is 11.3 Å². The van der Waals surface area contributed by atoms with Gasteiger partial charge in [-0.2, -0.15) is 0 Å². The minimum atomic E-state index is 0.0178. The summed E-state index contributed by atoms with van der Waals surface area (Å²) < 4.78 is 0. The number of aryl methyl sites for hydroxylation is 1. The Morgan fingerprint density at radius 3 is 2.68 bits per heavy atom. The SMILES string of the molecule is CCCCNC(=O)CN1CCN(C(=O)c2sc(-c3ccccn3)nc2C)CC1. The number of aromatic nitrogens is 2. The minimum Gasteiger partial charge on any atom is -0.355 e. The minimum absolute atomic E-state index is 0.0178. The highest BCUT2D eigenvalue weighted by Crippen LogP contribution is 2.27. The number of rotatable bonds is 7. The fourth-order valence-corrected chi connectivity index (χ4v) is 4.12. The molecule has 1 saturated heterocycles. The summed E-state index contributed by atoms with van der Waals surface area (Å²) in [6.07, 6.45) is 3.80. The van der Waals surface area contributed by atoms with E-state index in [4.69, 9.17) is 0 Å². The topological polar surface area (TPSA) is 78.4 Å². The molecule has 3 rings (SSSR count). The molecule has 8 heteroatoms. The first-order chi connectivity index (χ1) is 13.6. The average Bonchev–Trinajstić information content (AvgIpc) is 3.10.